The Morgan fingerprint density at radius 2 is 2.24 bits per heavy atom. The summed E-state index contributed by atoms with van der Waals surface area (Å²) in [6, 6.07) is 0.744. The van der Waals surface area contributed by atoms with E-state index >= 15 is 0 Å². The number of aliphatic hydroxyl groups excluding tert-OH is 1. The molecule has 0 spiro atoms. The van der Waals surface area contributed by atoms with Crippen LogP contribution < -0.4 is 0 Å². The van der Waals surface area contributed by atoms with E-state index in [9.17, 15) is 14.7 Å². The zero-order chi connectivity index (χ0) is 12.4. The highest BCUT2D eigenvalue weighted by atomic mass is 16.4. The molecule has 1 aromatic rings. The Morgan fingerprint density at radius 3 is 2.82 bits per heavy atom. The van der Waals surface area contributed by atoms with Crippen molar-refractivity contribution in [2.24, 2.45) is 0 Å². The zero-order valence-corrected chi connectivity index (χ0v) is 9.06. The van der Waals surface area contributed by atoms with Crippen molar-refractivity contribution in [3.63, 3.8) is 0 Å². The maximum absolute atomic E-state index is 11.9. The van der Waals surface area contributed by atoms with Crippen molar-refractivity contribution in [3.8, 4) is 0 Å². The van der Waals surface area contributed by atoms with Gasteiger partial charge in [0, 0.05) is 25.4 Å². The van der Waals surface area contributed by atoms with Crippen LogP contribution in [0.3, 0.4) is 0 Å². The molecule has 92 valence electrons. The van der Waals surface area contributed by atoms with Crippen LogP contribution in [0.5, 0.6) is 0 Å². The molecule has 1 amide bonds. The molecule has 0 radical (unpaired) electrons. The molecule has 17 heavy (non-hydrogen) atoms. The molecule has 1 aromatic heterocycles. The maximum Gasteiger partial charge on any atom is 0.326 e. The van der Waals surface area contributed by atoms with Crippen molar-refractivity contribution in [1.82, 2.24) is 14.7 Å². The van der Waals surface area contributed by atoms with Gasteiger partial charge in [-0.3, -0.25) is 9.48 Å². The first kappa shape index (κ1) is 11.6. The molecule has 1 fully saturated rings. The topological polar surface area (TPSA) is 95.7 Å². The normalized spacial score (nSPS) is 23.9. The lowest BCUT2D eigenvalue weighted by Gasteiger charge is -2.20. The number of amides is 1. The van der Waals surface area contributed by atoms with Crippen molar-refractivity contribution in [3.05, 3.63) is 18.5 Å². The number of nitrogens with zero attached hydrogens (tertiary/aromatic N) is 3. The van der Waals surface area contributed by atoms with E-state index < -0.39 is 18.1 Å². The summed E-state index contributed by atoms with van der Waals surface area (Å²) in [7, 11) is 0. The Kier molecular flexibility index (Phi) is 3.10. The van der Waals surface area contributed by atoms with Crippen LogP contribution >= 0.6 is 0 Å². The molecule has 0 aromatic carbocycles. The molecule has 2 N–H and O–H groups in total. The minimum atomic E-state index is -1.09. The Bertz CT molecular complexity index is 417. The van der Waals surface area contributed by atoms with Gasteiger partial charge in [0.15, 0.2) is 0 Å². The van der Waals surface area contributed by atoms with E-state index in [4.69, 9.17) is 5.11 Å². The number of likely N-dealkylation sites (tertiary alicyclic amines) is 1. The molecule has 1 aliphatic heterocycles. The molecule has 2 rings (SSSR count). The van der Waals surface area contributed by atoms with E-state index in [1.54, 1.807) is 18.5 Å². The van der Waals surface area contributed by atoms with Crippen LogP contribution in [0.25, 0.3) is 0 Å². The van der Waals surface area contributed by atoms with Gasteiger partial charge in [0.25, 0.3) is 0 Å². The van der Waals surface area contributed by atoms with Crippen LogP contribution in [0.1, 0.15) is 6.42 Å². The second-order valence-electron chi connectivity index (χ2n) is 3.99. The van der Waals surface area contributed by atoms with Crippen LogP contribution in [0.2, 0.25) is 0 Å². The van der Waals surface area contributed by atoms with Gasteiger partial charge >= 0.3 is 5.97 Å². The van der Waals surface area contributed by atoms with Crippen molar-refractivity contribution in [1.29, 1.82) is 0 Å². The van der Waals surface area contributed by atoms with Gasteiger partial charge in [0.1, 0.15) is 12.6 Å². The number of aliphatic hydroxyl groups is 1. The molecule has 1 aliphatic rings. The lowest BCUT2D eigenvalue weighted by Crippen LogP contribution is -2.42. The van der Waals surface area contributed by atoms with Gasteiger partial charge in [-0.25, -0.2) is 4.79 Å². The summed E-state index contributed by atoms with van der Waals surface area (Å²) in [6.07, 6.45) is 2.49. The van der Waals surface area contributed by atoms with Crippen LogP contribution in [-0.2, 0) is 16.1 Å². The second-order valence-corrected chi connectivity index (χ2v) is 3.99. The van der Waals surface area contributed by atoms with Gasteiger partial charge in [0.05, 0.1) is 6.10 Å². The second kappa shape index (κ2) is 4.54. The molecule has 7 heteroatoms. The minimum Gasteiger partial charge on any atom is -0.480 e. The fourth-order valence-corrected chi connectivity index (χ4v) is 1.95. The van der Waals surface area contributed by atoms with E-state index in [2.05, 4.69) is 5.10 Å². The summed E-state index contributed by atoms with van der Waals surface area (Å²) in [6.45, 7) is 0.0561. The first-order chi connectivity index (χ1) is 8.08. The molecule has 1 saturated heterocycles. The average molecular weight is 239 g/mol. The van der Waals surface area contributed by atoms with Crippen molar-refractivity contribution < 1.29 is 19.8 Å². The van der Waals surface area contributed by atoms with Gasteiger partial charge < -0.3 is 15.1 Å². The van der Waals surface area contributed by atoms with Gasteiger partial charge in [0.2, 0.25) is 5.91 Å². The van der Waals surface area contributed by atoms with Crippen LogP contribution in [0.15, 0.2) is 18.5 Å². The number of aliphatic carboxylic acids is 1. The Morgan fingerprint density at radius 1 is 1.47 bits per heavy atom. The van der Waals surface area contributed by atoms with Crippen LogP contribution in [0, 0.1) is 0 Å². The van der Waals surface area contributed by atoms with E-state index in [1.807, 2.05) is 0 Å². The van der Waals surface area contributed by atoms with Crippen LogP contribution in [-0.4, -0.2) is 55.5 Å². The lowest BCUT2D eigenvalue weighted by atomic mass is 10.2. The monoisotopic (exact) mass is 239 g/mol. The fraction of sp³-hybridized carbons (Fsp3) is 0.500. The number of hydrogen-bond donors (Lipinski definition) is 2. The maximum atomic E-state index is 11.9. The number of hydrogen-bond acceptors (Lipinski definition) is 4. The average Bonchev–Trinajstić information content (AvgIpc) is 2.86. The quantitative estimate of drug-likeness (QED) is 0.700. The van der Waals surface area contributed by atoms with Gasteiger partial charge in [-0.1, -0.05) is 0 Å². The molecular formula is C10H13N3O4. The number of carboxylic acid groups (broad SMARTS) is 1. The van der Waals surface area contributed by atoms with Crippen LogP contribution in [0.4, 0.5) is 0 Å². The number of carboxylic acids is 1. The molecule has 0 aliphatic carbocycles. The number of aromatic nitrogens is 2. The third-order valence-corrected chi connectivity index (χ3v) is 2.74. The van der Waals surface area contributed by atoms with Gasteiger partial charge in [-0.05, 0) is 6.07 Å². The largest absolute Gasteiger partial charge is 0.480 e. The fourth-order valence-electron chi connectivity index (χ4n) is 1.95. The van der Waals surface area contributed by atoms with Crippen molar-refractivity contribution >= 4 is 11.9 Å². The third kappa shape index (κ3) is 2.44. The van der Waals surface area contributed by atoms with E-state index in [0.29, 0.717) is 0 Å². The summed E-state index contributed by atoms with van der Waals surface area (Å²) in [5.41, 5.74) is 0. The molecular weight excluding hydrogens is 226 g/mol. The highest BCUT2D eigenvalue weighted by molar-refractivity contribution is 5.84. The molecule has 0 bridgehead atoms. The first-order valence-electron chi connectivity index (χ1n) is 5.25. The Hall–Kier alpha value is -1.89. The molecule has 0 unspecified atom stereocenters. The number of rotatable bonds is 3. The highest BCUT2D eigenvalue weighted by Crippen LogP contribution is 2.18. The molecule has 2 heterocycles. The van der Waals surface area contributed by atoms with Crippen molar-refractivity contribution in [2.45, 2.75) is 25.1 Å². The van der Waals surface area contributed by atoms with Crippen molar-refractivity contribution in [2.75, 3.05) is 6.54 Å². The van der Waals surface area contributed by atoms with Gasteiger partial charge in [-0.2, -0.15) is 5.10 Å². The number of carbonyl (C=O) groups is 2. The van der Waals surface area contributed by atoms with Gasteiger partial charge in [-0.15, -0.1) is 0 Å². The third-order valence-electron chi connectivity index (χ3n) is 2.74. The molecule has 0 saturated carbocycles. The lowest BCUT2D eigenvalue weighted by molar-refractivity contribution is -0.148. The number of β-amino-alcohol motifs (C(OH)–C–C–N with tert-alkyl or cyclic N) is 1. The summed E-state index contributed by atoms with van der Waals surface area (Å²) in [5, 5.41) is 22.2. The van der Waals surface area contributed by atoms with E-state index in [1.165, 1.54) is 9.58 Å². The Labute approximate surface area is 97.3 Å². The van der Waals surface area contributed by atoms with E-state index in [-0.39, 0.29) is 25.4 Å². The summed E-state index contributed by atoms with van der Waals surface area (Å²) < 4.78 is 1.42. The standard InChI is InChI=1S/C10H13N3O4/c14-7-4-8(10(16)17)13(5-7)9(15)6-12-3-1-2-11-12/h1-3,7-8,14H,4-6H2,(H,16,17)/t7-,8+/m1/s1. The number of carbonyl (C=O) groups excluding carboxylic acids is 1. The predicted octanol–water partition coefficient (Wildman–Crippen LogP) is -1.07. The first-order valence-corrected chi connectivity index (χ1v) is 5.25. The molecule has 2 atom stereocenters. The summed E-state index contributed by atoms with van der Waals surface area (Å²) in [5.74, 6) is -1.44. The highest BCUT2D eigenvalue weighted by Gasteiger charge is 2.38. The van der Waals surface area contributed by atoms with E-state index in [0.717, 1.165) is 0 Å². The zero-order valence-electron chi connectivity index (χ0n) is 9.06. The molecule has 7 nitrogen and oxygen atoms in total. The minimum absolute atomic E-state index is 0.0104. The SMILES string of the molecule is O=C(O)[C@@H]1C[C@@H](O)CN1C(=O)Cn1cccn1. The summed E-state index contributed by atoms with van der Waals surface area (Å²) >= 11 is 0. The predicted molar refractivity (Wildman–Crippen MR) is 56.0 cm³/mol. The summed E-state index contributed by atoms with van der Waals surface area (Å²) in [4.78, 5) is 24.0. The smallest absolute Gasteiger partial charge is 0.326 e. The Balaban J connectivity index is 2.05.